The maximum Gasteiger partial charge on any atom is 0.253 e. The molecule has 2 amide bonds. The van der Waals surface area contributed by atoms with E-state index in [1.54, 1.807) is 0 Å². The molecular weight excluding hydrogens is 244 g/mol. The average Bonchev–Trinajstić information content (AvgIpc) is 2.60. The highest BCUT2D eigenvalue weighted by atomic mass is 16.5. The summed E-state index contributed by atoms with van der Waals surface area (Å²) in [5.41, 5.74) is -0.530. The van der Waals surface area contributed by atoms with Crippen molar-refractivity contribution in [1.29, 1.82) is 0 Å². The molecule has 5 nitrogen and oxygen atoms in total. The van der Waals surface area contributed by atoms with Gasteiger partial charge in [-0.15, -0.1) is 0 Å². The molecule has 1 N–H and O–H groups in total. The first-order chi connectivity index (χ1) is 8.67. The molecule has 0 aliphatic carbocycles. The highest BCUT2D eigenvalue weighted by Crippen LogP contribution is 2.17. The van der Waals surface area contributed by atoms with Crippen LogP contribution in [0.25, 0.3) is 0 Å². The molecular formula is C14H24N2O3. The molecule has 0 saturated heterocycles. The molecule has 0 unspecified atom stereocenters. The van der Waals surface area contributed by atoms with Gasteiger partial charge in [0.25, 0.3) is 11.8 Å². The predicted octanol–water partition coefficient (Wildman–Crippen LogP) is 1.09. The smallest absolute Gasteiger partial charge is 0.253 e. The topological polar surface area (TPSA) is 58.6 Å². The van der Waals surface area contributed by atoms with Crippen LogP contribution in [0.1, 0.15) is 34.1 Å². The van der Waals surface area contributed by atoms with Gasteiger partial charge in [0.05, 0.1) is 12.1 Å². The molecule has 0 saturated carbocycles. The number of nitrogens with zero attached hydrogens (tertiary/aromatic N) is 1. The fourth-order valence-electron chi connectivity index (χ4n) is 1.72. The van der Waals surface area contributed by atoms with Gasteiger partial charge in [-0.05, 0) is 41.2 Å². The Morgan fingerprint density at radius 1 is 1.16 bits per heavy atom. The Bertz CT molecular complexity index is 368. The van der Waals surface area contributed by atoms with E-state index in [1.807, 2.05) is 20.9 Å². The molecule has 1 aliphatic heterocycles. The minimum Gasteiger partial charge on any atom is -0.374 e. The Morgan fingerprint density at radius 3 is 2.16 bits per heavy atom. The standard InChI is InChI=1S/C14H24N2O3/c1-13(2,15-5)8-9-19-14(3,4)10-16-11(17)6-7-12(16)18/h6-7,15H,8-10H2,1-5H3. The van der Waals surface area contributed by atoms with E-state index in [9.17, 15) is 9.59 Å². The maximum atomic E-state index is 11.5. The van der Waals surface area contributed by atoms with Crippen LogP contribution in [0.2, 0.25) is 0 Å². The van der Waals surface area contributed by atoms with Crippen LogP contribution in [0.15, 0.2) is 12.2 Å². The number of nitrogens with one attached hydrogen (secondary N) is 1. The second-order valence-corrected chi connectivity index (χ2v) is 6.09. The van der Waals surface area contributed by atoms with Crippen molar-refractivity contribution in [2.75, 3.05) is 20.2 Å². The van der Waals surface area contributed by atoms with Crippen LogP contribution >= 0.6 is 0 Å². The molecule has 0 aromatic rings. The zero-order chi connectivity index (χ0) is 14.7. The van der Waals surface area contributed by atoms with Gasteiger partial charge >= 0.3 is 0 Å². The van der Waals surface area contributed by atoms with E-state index in [-0.39, 0.29) is 23.9 Å². The van der Waals surface area contributed by atoms with E-state index in [4.69, 9.17) is 4.74 Å². The predicted molar refractivity (Wildman–Crippen MR) is 73.6 cm³/mol. The van der Waals surface area contributed by atoms with Crippen molar-refractivity contribution < 1.29 is 14.3 Å². The van der Waals surface area contributed by atoms with Gasteiger partial charge in [0, 0.05) is 24.3 Å². The van der Waals surface area contributed by atoms with Crippen molar-refractivity contribution in [3.8, 4) is 0 Å². The van der Waals surface area contributed by atoms with Crippen LogP contribution < -0.4 is 5.32 Å². The second kappa shape index (κ2) is 5.84. The summed E-state index contributed by atoms with van der Waals surface area (Å²) in [4.78, 5) is 24.2. The summed E-state index contributed by atoms with van der Waals surface area (Å²) < 4.78 is 5.81. The van der Waals surface area contributed by atoms with Crippen molar-refractivity contribution in [1.82, 2.24) is 10.2 Å². The Morgan fingerprint density at radius 2 is 1.68 bits per heavy atom. The van der Waals surface area contributed by atoms with E-state index in [2.05, 4.69) is 19.2 Å². The largest absolute Gasteiger partial charge is 0.374 e. The van der Waals surface area contributed by atoms with E-state index >= 15 is 0 Å². The number of hydrogen-bond donors (Lipinski definition) is 1. The van der Waals surface area contributed by atoms with Crippen LogP contribution in [0.5, 0.6) is 0 Å². The summed E-state index contributed by atoms with van der Waals surface area (Å²) >= 11 is 0. The fraction of sp³-hybridized carbons (Fsp3) is 0.714. The summed E-state index contributed by atoms with van der Waals surface area (Å²) in [5.74, 6) is -0.533. The molecule has 19 heavy (non-hydrogen) atoms. The zero-order valence-electron chi connectivity index (χ0n) is 12.4. The van der Waals surface area contributed by atoms with Gasteiger partial charge in [-0.3, -0.25) is 14.5 Å². The van der Waals surface area contributed by atoms with Crippen LogP contribution in [-0.2, 0) is 14.3 Å². The maximum absolute atomic E-state index is 11.5. The molecule has 0 atom stereocenters. The van der Waals surface area contributed by atoms with Gasteiger partial charge in [0.15, 0.2) is 0 Å². The van der Waals surface area contributed by atoms with Crippen LogP contribution in [0.3, 0.4) is 0 Å². The number of carbonyl (C=O) groups excluding carboxylic acids is 2. The Kier molecular flexibility index (Phi) is 4.87. The zero-order valence-corrected chi connectivity index (χ0v) is 12.4. The number of rotatable bonds is 7. The van der Waals surface area contributed by atoms with Crippen molar-refractivity contribution in [2.24, 2.45) is 0 Å². The highest BCUT2D eigenvalue weighted by Gasteiger charge is 2.31. The molecule has 108 valence electrons. The number of amides is 2. The first-order valence-corrected chi connectivity index (χ1v) is 6.53. The van der Waals surface area contributed by atoms with E-state index in [0.29, 0.717) is 6.61 Å². The van der Waals surface area contributed by atoms with Gasteiger partial charge in [-0.1, -0.05) is 0 Å². The van der Waals surface area contributed by atoms with Crippen LogP contribution in [0, 0.1) is 0 Å². The van der Waals surface area contributed by atoms with E-state index in [0.717, 1.165) is 6.42 Å². The molecule has 0 aromatic carbocycles. The number of hydrogen-bond acceptors (Lipinski definition) is 4. The van der Waals surface area contributed by atoms with E-state index < -0.39 is 5.60 Å². The van der Waals surface area contributed by atoms with Gasteiger partial charge < -0.3 is 10.1 Å². The SMILES string of the molecule is CNC(C)(C)CCOC(C)(C)CN1C(=O)C=CC1=O. The van der Waals surface area contributed by atoms with Crippen molar-refractivity contribution in [2.45, 2.75) is 45.3 Å². The minimum absolute atomic E-state index is 0.0108. The molecule has 0 spiro atoms. The monoisotopic (exact) mass is 268 g/mol. The summed E-state index contributed by atoms with van der Waals surface area (Å²) in [6.07, 6.45) is 3.44. The lowest BCUT2D eigenvalue weighted by atomic mass is 10.0. The first-order valence-electron chi connectivity index (χ1n) is 6.53. The van der Waals surface area contributed by atoms with Gasteiger partial charge in [0.2, 0.25) is 0 Å². The minimum atomic E-state index is -0.541. The molecule has 0 bridgehead atoms. The van der Waals surface area contributed by atoms with Crippen molar-refractivity contribution in [3.63, 3.8) is 0 Å². The lowest BCUT2D eigenvalue weighted by Crippen LogP contribution is -2.45. The molecule has 1 aliphatic rings. The second-order valence-electron chi connectivity index (χ2n) is 6.09. The van der Waals surface area contributed by atoms with Crippen LogP contribution in [0.4, 0.5) is 0 Å². The molecule has 0 radical (unpaired) electrons. The average molecular weight is 268 g/mol. The summed E-state index contributed by atoms with van der Waals surface area (Å²) in [5, 5.41) is 3.21. The number of imide groups is 1. The third-order valence-electron chi connectivity index (χ3n) is 3.34. The fourth-order valence-corrected chi connectivity index (χ4v) is 1.72. The van der Waals surface area contributed by atoms with Gasteiger partial charge in [-0.25, -0.2) is 0 Å². The lowest BCUT2D eigenvalue weighted by molar-refractivity contribution is -0.142. The Labute approximate surface area is 115 Å². The summed E-state index contributed by atoms with van der Waals surface area (Å²) in [6, 6.07) is 0. The summed E-state index contributed by atoms with van der Waals surface area (Å²) in [7, 11) is 1.92. The van der Waals surface area contributed by atoms with Crippen molar-refractivity contribution in [3.05, 3.63) is 12.2 Å². The molecule has 0 fully saturated rings. The van der Waals surface area contributed by atoms with Crippen molar-refractivity contribution >= 4 is 11.8 Å². The van der Waals surface area contributed by atoms with Crippen LogP contribution in [-0.4, -0.2) is 48.1 Å². The Balaban J connectivity index is 2.44. The normalized spacial score (nSPS) is 16.6. The third kappa shape index (κ3) is 4.76. The quantitative estimate of drug-likeness (QED) is 0.702. The third-order valence-corrected chi connectivity index (χ3v) is 3.34. The Hall–Kier alpha value is -1.20. The highest BCUT2D eigenvalue weighted by molar-refractivity contribution is 6.12. The molecule has 1 rings (SSSR count). The van der Waals surface area contributed by atoms with E-state index in [1.165, 1.54) is 17.1 Å². The summed E-state index contributed by atoms with van der Waals surface area (Å²) in [6.45, 7) is 8.82. The molecule has 5 heteroatoms. The lowest BCUT2D eigenvalue weighted by Gasteiger charge is -2.31. The number of carbonyl (C=O) groups is 2. The van der Waals surface area contributed by atoms with Gasteiger partial charge in [-0.2, -0.15) is 0 Å². The molecule has 0 aromatic heterocycles. The molecule has 1 heterocycles. The first kappa shape index (κ1) is 15.9. The van der Waals surface area contributed by atoms with Gasteiger partial charge in [0.1, 0.15) is 0 Å². The number of ether oxygens (including phenoxy) is 1.